The van der Waals surface area contributed by atoms with Crippen LogP contribution in [0.25, 0.3) is 5.69 Å². The Morgan fingerprint density at radius 1 is 1.14 bits per heavy atom. The van der Waals surface area contributed by atoms with Gasteiger partial charge in [0.2, 0.25) is 17.6 Å². The molecule has 1 spiro atoms. The van der Waals surface area contributed by atoms with Gasteiger partial charge in [-0.1, -0.05) is 6.07 Å². The Labute approximate surface area is 244 Å². The molecule has 6 rings (SSSR count). The number of amides is 3. The van der Waals surface area contributed by atoms with Crippen LogP contribution in [0.5, 0.6) is 0 Å². The van der Waals surface area contributed by atoms with E-state index in [1.807, 2.05) is 0 Å². The summed E-state index contributed by atoms with van der Waals surface area (Å²) in [6.45, 7) is 4.19. The molecule has 3 aromatic rings. The zero-order chi connectivity index (χ0) is 30.3. The van der Waals surface area contributed by atoms with Gasteiger partial charge in [-0.25, -0.2) is 14.1 Å². The lowest BCUT2D eigenvalue weighted by Gasteiger charge is -2.50. The summed E-state index contributed by atoms with van der Waals surface area (Å²) >= 11 is 0. The number of allylic oxidation sites excluding steroid dienone is 1. The number of rotatable bonds is 5. The molecule has 3 aliphatic heterocycles. The molecule has 224 valence electrons. The number of benzene rings is 1. The number of aromatic nitrogens is 5. The fourth-order valence-corrected chi connectivity index (χ4v) is 6.13. The molecule has 0 aliphatic carbocycles. The molecule has 3 amide bonds. The summed E-state index contributed by atoms with van der Waals surface area (Å²) < 4.78 is 26.6. The molecule has 1 aromatic carbocycles. The van der Waals surface area contributed by atoms with Crippen molar-refractivity contribution in [2.24, 2.45) is 11.3 Å². The molecule has 2 saturated heterocycles. The van der Waals surface area contributed by atoms with Crippen molar-refractivity contribution >= 4 is 23.5 Å². The summed E-state index contributed by atoms with van der Waals surface area (Å²) in [5.41, 5.74) is 0.247. The van der Waals surface area contributed by atoms with E-state index in [-0.39, 0.29) is 50.8 Å². The molecular formula is C28H29FN8O6. The van der Waals surface area contributed by atoms with E-state index in [4.69, 9.17) is 9.15 Å². The Morgan fingerprint density at radius 3 is 2.63 bits per heavy atom. The van der Waals surface area contributed by atoms with Gasteiger partial charge in [-0.15, -0.1) is 10.2 Å². The minimum absolute atomic E-state index is 0.0673. The molecule has 0 saturated carbocycles. The van der Waals surface area contributed by atoms with Crippen LogP contribution in [0, 0.1) is 31.0 Å². The van der Waals surface area contributed by atoms with E-state index in [9.17, 15) is 23.6 Å². The third-order valence-corrected chi connectivity index (χ3v) is 8.27. The first-order valence-electron chi connectivity index (χ1n) is 13.9. The maximum absolute atomic E-state index is 14.2. The van der Waals surface area contributed by atoms with Crippen molar-refractivity contribution in [1.29, 1.82) is 0 Å². The van der Waals surface area contributed by atoms with Crippen molar-refractivity contribution < 1.29 is 32.7 Å². The highest BCUT2D eigenvalue weighted by atomic mass is 19.1. The van der Waals surface area contributed by atoms with Gasteiger partial charge >= 0.3 is 11.8 Å². The first-order valence-corrected chi connectivity index (χ1v) is 13.9. The van der Waals surface area contributed by atoms with Crippen LogP contribution in [-0.4, -0.2) is 84.5 Å². The average molecular weight is 593 g/mol. The van der Waals surface area contributed by atoms with E-state index in [0.29, 0.717) is 35.8 Å². The minimum Gasteiger partial charge on any atom is -0.499 e. The number of aryl methyl sites for hydroxylation is 2. The van der Waals surface area contributed by atoms with Crippen LogP contribution in [0.15, 0.2) is 40.9 Å². The van der Waals surface area contributed by atoms with E-state index >= 15 is 0 Å². The van der Waals surface area contributed by atoms with Crippen LogP contribution in [-0.2, 0) is 25.7 Å². The quantitative estimate of drug-likeness (QED) is 0.336. The number of hydrogen-bond acceptors (Lipinski definition) is 10. The summed E-state index contributed by atoms with van der Waals surface area (Å²) in [7, 11) is 0. The molecule has 14 nitrogen and oxygen atoms in total. The summed E-state index contributed by atoms with van der Waals surface area (Å²) in [5.74, 6) is -3.95. The Hall–Kier alpha value is -4.95. The molecule has 5 heterocycles. The third kappa shape index (κ3) is 4.93. The second kappa shape index (κ2) is 11.0. The maximum atomic E-state index is 14.2. The predicted molar refractivity (Wildman–Crippen MR) is 143 cm³/mol. The Morgan fingerprint density at radius 2 is 1.93 bits per heavy atom. The van der Waals surface area contributed by atoms with Crippen LogP contribution < -0.4 is 5.32 Å². The van der Waals surface area contributed by atoms with Gasteiger partial charge in [0.05, 0.1) is 18.0 Å². The number of fused-ring (bicyclic) bond motifs is 2. The molecule has 1 atom stereocenters. The van der Waals surface area contributed by atoms with E-state index < -0.39 is 40.7 Å². The topological polar surface area (TPSA) is 166 Å². The zero-order valence-corrected chi connectivity index (χ0v) is 23.6. The van der Waals surface area contributed by atoms with Gasteiger partial charge in [-0.05, 0) is 43.9 Å². The van der Waals surface area contributed by atoms with Crippen LogP contribution in [0.4, 0.5) is 4.39 Å². The number of ketones is 1. The van der Waals surface area contributed by atoms with Crippen molar-refractivity contribution in [3.05, 3.63) is 65.5 Å². The molecule has 2 fully saturated rings. The molecule has 0 bridgehead atoms. The highest BCUT2D eigenvalue weighted by molar-refractivity contribution is 6.42. The molecule has 0 radical (unpaired) electrons. The largest absolute Gasteiger partial charge is 0.499 e. The van der Waals surface area contributed by atoms with Crippen LogP contribution in [0.3, 0.4) is 0 Å². The average Bonchev–Trinajstić information content (AvgIpc) is 3.54. The monoisotopic (exact) mass is 592 g/mol. The summed E-state index contributed by atoms with van der Waals surface area (Å²) in [6.07, 6.45) is 3.73. The number of hydrogen-bond donors (Lipinski definition) is 1. The number of likely N-dealkylation sites (tertiary alicyclic amines) is 1. The molecule has 15 heteroatoms. The smallest absolute Gasteiger partial charge is 0.311 e. The summed E-state index contributed by atoms with van der Waals surface area (Å²) in [5, 5.41) is 14.5. The first-order chi connectivity index (χ1) is 20.7. The number of nitrogens with zero attached hydrogens (tertiary/aromatic N) is 7. The van der Waals surface area contributed by atoms with Gasteiger partial charge in [-0.3, -0.25) is 19.2 Å². The number of piperidine rings is 2. The summed E-state index contributed by atoms with van der Waals surface area (Å²) in [4.78, 5) is 61.0. The number of ether oxygens (including phenoxy) is 1. The molecule has 1 N–H and O–H groups in total. The third-order valence-electron chi connectivity index (χ3n) is 8.27. The van der Waals surface area contributed by atoms with E-state index in [2.05, 4.69) is 25.6 Å². The minimum atomic E-state index is -1.37. The van der Waals surface area contributed by atoms with Crippen molar-refractivity contribution in [3.63, 3.8) is 0 Å². The van der Waals surface area contributed by atoms with Crippen molar-refractivity contribution in [1.82, 2.24) is 40.1 Å². The molecular weight excluding hydrogens is 563 g/mol. The molecule has 3 aliphatic rings. The Bertz CT molecular complexity index is 1640. The standard InChI is InChI=1S/C28H29FN8O6/c1-16-31-15-32-37(16)20-12-19(29)5-4-18(20)13-30-24(39)22-23(38)26(40)36-8-3-11-42-14-21(36)28(22)6-9-35(10-7-28)27(41)25-34-33-17(2)43-25/h4-5,12,14-15,22H,3,6-11,13H2,1-2H3,(H,30,39). The first kappa shape index (κ1) is 28.2. The lowest BCUT2D eigenvalue weighted by atomic mass is 9.62. The molecule has 43 heavy (non-hydrogen) atoms. The predicted octanol–water partition coefficient (Wildman–Crippen LogP) is 1.23. The molecule has 1 unspecified atom stereocenters. The lowest BCUT2D eigenvalue weighted by molar-refractivity contribution is -0.158. The highest BCUT2D eigenvalue weighted by Gasteiger charge is 2.59. The second-order valence-electron chi connectivity index (χ2n) is 10.8. The van der Waals surface area contributed by atoms with Crippen LogP contribution >= 0.6 is 0 Å². The fraction of sp³-hybridized carbons (Fsp3) is 0.429. The van der Waals surface area contributed by atoms with Gasteiger partial charge in [0.25, 0.3) is 5.91 Å². The number of halogens is 1. The van der Waals surface area contributed by atoms with Crippen molar-refractivity contribution in [2.45, 2.75) is 39.7 Å². The van der Waals surface area contributed by atoms with Gasteiger partial charge in [0.15, 0.2) is 0 Å². The van der Waals surface area contributed by atoms with E-state index in [1.54, 1.807) is 13.8 Å². The summed E-state index contributed by atoms with van der Waals surface area (Å²) in [6, 6.07) is 4.06. The SMILES string of the molecule is Cc1nnc(C(=O)N2CCC3(CC2)C2=COCCCN2C(=O)C(=O)C3C(=O)NCc2ccc(F)cc2-n2ncnc2C)o1. The van der Waals surface area contributed by atoms with Crippen LogP contribution in [0.1, 0.15) is 47.2 Å². The van der Waals surface area contributed by atoms with Crippen molar-refractivity contribution in [3.8, 4) is 5.69 Å². The number of Topliss-reactive ketones (excluding diaryl/α,β-unsaturated/α-hetero) is 1. The van der Waals surface area contributed by atoms with Gasteiger partial charge in [-0.2, -0.15) is 5.10 Å². The zero-order valence-electron chi connectivity index (χ0n) is 23.6. The Balaban J connectivity index is 1.30. The molecule has 2 aromatic heterocycles. The fourth-order valence-electron chi connectivity index (χ4n) is 6.13. The second-order valence-corrected chi connectivity index (χ2v) is 10.8. The van der Waals surface area contributed by atoms with Gasteiger partial charge in [0, 0.05) is 38.5 Å². The van der Waals surface area contributed by atoms with Crippen molar-refractivity contribution in [2.75, 3.05) is 26.2 Å². The van der Waals surface area contributed by atoms with E-state index in [1.165, 1.54) is 45.3 Å². The Kier molecular flexibility index (Phi) is 7.23. The highest BCUT2D eigenvalue weighted by Crippen LogP contribution is 2.50. The number of nitrogens with one attached hydrogen (secondary N) is 1. The lowest BCUT2D eigenvalue weighted by Crippen LogP contribution is -2.62. The van der Waals surface area contributed by atoms with Gasteiger partial charge < -0.3 is 24.3 Å². The van der Waals surface area contributed by atoms with Crippen LogP contribution in [0.2, 0.25) is 0 Å². The normalized spacial score (nSPS) is 19.9. The van der Waals surface area contributed by atoms with E-state index in [0.717, 1.165) is 0 Å². The van der Waals surface area contributed by atoms with Gasteiger partial charge in [0.1, 0.15) is 30.1 Å². The number of carbonyl (C=O) groups is 4. The maximum Gasteiger partial charge on any atom is 0.311 e. The number of carbonyl (C=O) groups excluding carboxylic acids is 4.